The fraction of sp³-hybridized carbons (Fsp3) is 0. The van der Waals surface area contributed by atoms with Gasteiger partial charge in [-0.05, 0) is 127 Å². The Morgan fingerprint density at radius 3 is 1.04 bits per heavy atom. The van der Waals surface area contributed by atoms with Crippen molar-refractivity contribution in [1.29, 1.82) is 10.5 Å². The van der Waals surface area contributed by atoms with Gasteiger partial charge in [0.15, 0.2) is 11.6 Å². The molecule has 0 saturated heterocycles. The fourth-order valence-electron chi connectivity index (χ4n) is 11.1. The van der Waals surface area contributed by atoms with E-state index in [2.05, 4.69) is 180 Å². The molecule has 15 rings (SSSR count). The number of H-pyrrole nitrogens is 2. The first-order valence-corrected chi connectivity index (χ1v) is 23.8. The van der Waals surface area contributed by atoms with Crippen LogP contribution in [0.3, 0.4) is 0 Å². The van der Waals surface area contributed by atoms with E-state index in [1.165, 1.54) is 0 Å². The van der Waals surface area contributed by atoms with Crippen LogP contribution in [0.5, 0.6) is 0 Å². The van der Waals surface area contributed by atoms with E-state index in [-0.39, 0.29) is 0 Å². The highest BCUT2D eigenvalue weighted by Gasteiger charge is 2.29. The molecule has 0 spiro atoms. The van der Waals surface area contributed by atoms with E-state index in [4.69, 9.17) is 19.9 Å². The lowest BCUT2D eigenvalue weighted by molar-refractivity contribution is 1.22. The Morgan fingerprint density at radius 2 is 0.667 bits per heavy atom. The minimum Gasteiger partial charge on any atom is -0.339 e. The molecule has 13 aromatic rings. The van der Waals surface area contributed by atoms with Crippen molar-refractivity contribution < 1.29 is 0 Å². The minimum atomic E-state index is 0.522. The van der Waals surface area contributed by atoms with Crippen LogP contribution in [0.15, 0.2) is 194 Å². The second-order valence-electron chi connectivity index (χ2n) is 18.6. The first-order valence-electron chi connectivity index (χ1n) is 23.8. The molecule has 0 saturated carbocycles. The van der Waals surface area contributed by atoms with Crippen molar-refractivity contribution >= 4 is 87.0 Å². The van der Waals surface area contributed by atoms with Crippen molar-refractivity contribution in [3.63, 3.8) is 0 Å². The molecule has 72 heavy (non-hydrogen) atoms. The van der Waals surface area contributed by atoms with Crippen LogP contribution in [0.1, 0.15) is 11.1 Å². The average molecular weight is 915 g/mol. The van der Waals surface area contributed by atoms with Crippen LogP contribution in [-0.2, 0) is 0 Å². The molecular formula is C64H34N8. The van der Waals surface area contributed by atoms with Gasteiger partial charge in [-0.25, -0.2) is 19.9 Å². The summed E-state index contributed by atoms with van der Waals surface area (Å²) in [4.78, 5) is 30.1. The smallest absolute Gasteiger partial charge is 0.164 e. The van der Waals surface area contributed by atoms with Gasteiger partial charge in [-0.15, -0.1) is 0 Å². The Kier molecular flexibility index (Phi) is 8.33. The van der Waals surface area contributed by atoms with E-state index >= 15 is 0 Å². The number of fused-ring (bicyclic) bond motifs is 24. The van der Waals surface area contributed by atoms with E-state index in [9.17, 15) is 10.5 Å². The molecule has 10 aromatic carbocycles. The van der Waals surface area contributed by atoms with Gasteiger partial charge in [-0.2, -0.15) is 10.5 Å². The Hall–Kier alpha value is -10.3. The molecule has 0 atom stereocenters. The zero-order valence-electron chi connectivity index (χ0n) is 38.2. The quantitative estimate of drug-likeness (QED) is 0.178. The number of hydrogen-bond acceptors (Lipinski definition) is 6. The van der Waals surface area contributed by atoms with E-state index in [1.54, 1.807) is 0 Å². The van der Waals surface area contributed by atoms with Gasteiger partial charge in [0, 0.05) is 54.9 Å². The molecule has 8 nitrogen and oxygen atoms in total. The summed E-state index contributed by atoms with van der Waals surface area (Å²) in [6, 6.07) is 71.5. The summed E-state index contributed by atoms with van der Waals surface area (Å²) >= 11 is 0. The molecule has 5 heterocycles. The molecule has 8 bridgehead atoms. The first-order chi connectivity index (χ1) is 35.5. The maximum atomic E-state index is 10.5. The van der Waals surface area contributed by atoms with Gasteiger partial charge in [0.2, 0.25) is 0 Å². The summed E-state index contributed by atoms with van der Waals surface area (Å²) in [5, 5.41) is 33.1. The Balaban J connectivity index is 1.25. The molecule has 0 fully saturated rings. The number of aromatic nitrogens is 6. The highest BCUT2D eigenvalue weighted by Crippen LogP contribution is 2.50. The lowest BCUT2D eigenvalue weighted by Gasteiger charge is -2.10. The normalized spacial score (nSPS) is 11.9. The number of benzene rings is 10. The molecule has 0 unspecified atom stereocenters. The highest BCUT2D eigenvalue weighted by molar-refractivity contribution is 6.20. The van der Waals surface area contributed by atoms with Crippen LogP contribution >= 0.6 is 0 Å². The Labute approximate surface area is 410 Å². The van der Waals surface area contributed by atoms with E-state index in [1.807, 2.05) is 36.4 Å². The summed E-state index contributed by atoms with van der Waals surface area (Å²) < 4.78 is 0. The SMILES string of the molecule is N#Cc1cccc(-c2c3nc(c(-c4cccc(C#N)c4)c4[nH]c(nc5nc(nc6[nH]c2c2cc7ccccc7cc62)-c2cc6ccccc6cc2-5)c2cc5ccccc5cc42)-c2cc4ccccc4cc2-3)c1. The molecule has 2 N–H and O–H groups in total. The lowest BCUT2D eigenvalue weighted by atomic mass is 9.91. The van der Waals surface area contributed by atoms with Crippen LogP contribution in [0, 0.1) is 22.7 Å². The van der Waals surface area contributed by atoms with Crippen LogP contribution in [-0.4, -0.2) is 29.9 Å². The predicted octanol–water partition coefficient (Wildman–Crippen LogP) is 15.8. The van der Waals surface area contributed by atoms with Gasteiger partial charge in [-0.1, -0.05) is 121 Å². The summed E-state index contributed by atoms with van der Waals surface area (Å²) in [6.07, 6.45) is 0. The van der Waals surface area contributed by atoms with Gasteiger partial charge in [-0.3, -0.25) is 0 Å². The zero-order valence-corrected chi connectivity index (χ0v) is 38.2. The van der Waals surface area contributed by atoms with E-state index < -0.39 is 0 Å². The van der Waals surface area contributed by atoms with Gasteiger partial charge >= 0.3 is 0 Å². The van der Waals surface area contributed by atoms with Crippen molar-refractivity contribution in [2.75, 3.05) is 0 Å². The molecule has 3 aromatic heterocycles. The average Bonchev–Trinajstić information content (AvgIpc) is 4.16. The van der Waals surface area contributed by atoms with Crippen molar-refractivity contribution in [1.82, 2.24) is 29.9 Å². The van der Waals surface area contributed by atoms with Crippen LogP contribution in [0.2, 0.25) is 0 Å². The Morgan fingerprint density at radius 1 is 0.319 bits per heavy atom. The van der Waals surface area contributed by atoms with Gasteiger partial charge in [0.05, 0.1) is 45.7 Å². The van der Waals surface area contributed by atoms with Gasteiger partial charge in [0.25, 0.3) is 0 Å². The number of nitrogens with zero attached hydrogens (tertiary/aromatic N) is 6. The molecule has 0 amide bonds. The van der Waals surface area contributed by atoms with Crippen molar-refractivity contribution in [3.05, 3.63) is 205 Å². The van der Waals surface area contributed by atoms with E-state index in [0.29, 0.717) is 34.1 Å². The molecule has 0 aliphatic carbocycles. The maximum absolute atomic E-state index is 10.5. The largest absolute Gasteiger partial charge is 0.339 e. The monoisotopic (exact) mass is 914 g/mol. The van der Waals surface area contributed by atoms with Crippen molar-refractivity contribution in [3.8, 4) is 79.7 Å². The third-order valence-corrected chi connectivity index (χ3v) is 14.5. The standard InChI is InChI=1S/C64H34N8/c65-33-35-11-9-21-45(23-35)55-57-47-25-37-13-1-2-14-38(37)26-48(47)58(67-57)56(46-22-10-12-36(24-46)34-66)60-50-28-40-16-4-6-18-42(40)30-52(50)62(69-60)71-64-54-32-44-20-8-7-19-43(44)31-53(54)63(72-64)70-61-51-29-41-17-5-3-15-39(41)27-49(51)59(55)68-61/h1-32H,(H2,68,69,70,71,72). The van der Waals surface area contributed by atoms with Gasteiger partial charge in [0.1, 0.15) is 11.3 Å². The second-order valence-corrected chi connectivity index (χ2v) is 18.6. The van der Waals surface area contributed by atoms with E-state index in [0.717, 1.165) is 132 Å². The number of nitrogens with one attached hydrogen (secondary N) is 2. The number of nitriles is 2. The second kappa shape index (κ2) is 15.1. The zero-order chi connectivity index (χ0) is 47.6. The van der Waals surface area contributed by atoms with Crippen molar-refractivity contribution in [2.45, 2.75) is 0 Å². The molecule has 8 heteroatoms. The van der Waals surface area contributed by atoms with Crippen LogP contribution in [0.25, 0.3) is 155 Å². The topological polar surface area (TPSA) is 131 Å². The summed E-state index contributed by atoms with van der Waals surface area (Å²) in [5.41, 5.74) is 12.2. The third-order valence-electron chi connectivity index (χ3n) is 14.5. The summed E-state index contributed by atoms with van der Waals surface area (Å²) in [6.45, 7) is 0. The molecule has 0 radical (unpaired) electrons. The maximum Gasteiger partial charge on any atom is 0.164 e. The summed E-state index contributed by atoms with van der Waals surface area (Å²) in [5.74, 6) is 1.07. The summed E-state index contributed by atoms with van der Waals surface area (Å²) in [7, 11) is 0. The highest BCUT2D eigenvalue weighted by atomic mass is 15.0. The third kappa shape index (κ3) is 5.97. The first kappa shape index (κ1) is 39.7. The number of aromatic amines is 2. The minimum absolute atomic E-state index is 0.522. The predicted molar refractivity (Wildman–Crippen MR) is 291 cm³/mol. The Bertz CT molecular complexity index is 4550. The van der Waals surface area contributed by atoms with Crippen molar-refractivity contribution in [2.24, 2.45) is 0 Å². The molecule has 2 aliphatic rings. The van der Waals surface area contributed by atoms with Crippen LogP contribution in [0.4, 0.5) is 0 Å². The lowest BCUT2D eigenvalue weighted by Crippen LogP contribution is -1.88. The van der Waals surface area contributed by atoms with Crippen LogP contribution < -0.4 is 0 Å². The number of rotatable bonds is 2. The number of hydrogen-bond donors (Lipinski definition) is 2. The molecular weight excluding hydrogens is 881 g/mol. The molecule has 330 valence electrons. The molecule has 2 aliphatic heterocycles. The van der Waals surface area contributed by atoms with Gasteiger partial charge < -0.3 is 9.97 Å². The fourth-order valence-corrected chi connectivity index (χ4v) is 11.1.